The lowest BCUT2D eigenvalue weighted by Gasteiger charge is -2.26. The molecule has 0 spiro atoms. The SMILES string of the molecule is COCc1cc(C(=O)N[C@@H](COC)C(=O)N[C@@H](Cc2ccccc2)C(=O)N[C@@H](CC(C)C)C(=O)[C@]2(C)CO2)no1. The highest BCUT2D eigenvalue weighted by molar-refractivity contribution is 5.99. The Morgan fingerprint density at radius 2 is 1.62 bits per heavy atom. The van der Waals surface area contributed by atoms with E-state index in [9.17, 15) is 19.2 Å². The van der Waals surface area contributed by atoms with Crippen molar-refractivity contribution in [2.45, 2.75) is 63.9 Å². The van der Waals surface area contributed by atoms with Crippen LogP contribution in [-0.4, -0.2) is 79.8 Å². The molecular weight excluding hydrogens is 520 g/mol. The summed E-state index contributed by atoms with van der Waals surface area (Å²) in [5.41, 5.74) is -0.151. The van der Waals surface area contributed by atoms with E-state index < -0.39 is 41.4 Å². The Hall–Kier alpha value is -3.61. The first kappa shape index (κ1) is 30.9. The van der Waals surface area contributed by atoms with Crippen LogP contribution in [0.2, 0.25) is 0 Å². The third-order valence-electron chi connectivity index (χ3n) is 6.39. The van der Waals surface area contributed by atoms with Gasteiger partial charge >= 0.3 is 0 Å². The minimum atomic E-state index is -1.14. The van der Waals surface area contributed by atoms with Crippen molar-refractivity contribution in [1.29, 1.82) is 0 Å². The van der Waals surface area contributed by atoms with E-state index in [1.165, 1.54) is 20.3 Å². The first-order chi connectivity index (χ1) is 19.1. The fourth-order valence-corrected chi connectivity index (χ4v) is 4.14. The first-order valence-electron chi connectivity index (χ1n) is 13.1. The van der Waals surface area contributed by atoms with Crippen LogP contribution < -0.4 is 16.0 Å². The number of nitrogens with zero attached hydrogens (tertiary/aromatic N) is 1. The maximum Gasteiger partial charge on any atom is 0.274 e. The van der Waals surface area contributed by atoms with Crippen molar-refractivity contribution in [2.24, 2.45) is 5.92 Å². The van der Waals surface area contributed by atoms with Gasteiger partial charge in [0.05, 0.1) is 19.3 Å². The topological polar surface area (TPSA) is 161 Å². The fraction of sp³-hybridized carbons (Fsp3) is 0.536. The highest BCUT2D eigenvalue weighted by Crippen LogP contribution is 2.29. The van der Waals surface area contributed by atoms with Gasteiger partial charge in [-0.3, -0.25) is 19.2 Å². The van der Waals surface area contributed by atoms with Crippen LogP contribution in [0.5, 0.6) is 0 Å². The van der Waals surface area contributed by atoms with Crippen LogP contribution >= 0.6 is 0 Å². The van der Waals surface area contributed by atoms with Gasteiger partial charge < -0.3 is 34.7 Å². The quantitative estimate of drug-likeness (QED) is 0.257. The van der Waals surface area contributed by atoms with Gasteiger partial charge in [0.15, 0.2) is 17.2 Å². The summed E-state index contributed by atoms with van der Waals surface area (Å²) < 4.78 is 20.5. The van der Waals surface area contributed by atoms with Crippen molar-refractivity contribution < 1.29 is 37.9 Å². The van der Waals surface area contributed by atoms with E-state index >= 15 is 0 Å². The van der Waals surface area contributed by atoms with Crippen LogP contribution in [0.4, 0.5) is 0 Å². The number of methoxy groups -OCH3 is 2. The maximum atomic E-state index is 13.5. The van der Waals surface area contributed by atoms with Gasteiger partial charge in [0.1, 0.15) is 24.3 Å². The predicted octanol–water partition coefficient (Wildman–Crippen LogP) is 1.18. The monoisotopic (exact) mass is 558 g/mol. The van der Waals surface area contributed by atoms with Gasteiger partial charge in [-0.1, -0.05) is 49.3 Å². The Balaban J connectivity index is 1.77. The van der Waals surface area contributed by atoms with E-state index in [2.05, 4.69) is 21.1 Å². The largest absolute Gasteiger partial charge is 0.382 e. The van der Waals surface area contributed by atoms with Crippen molar-refractivity contribution >= 4 is 23.5 Å². The molecule has 0 aliphatic carbocycles. The number of Topliss-reactive ketones (excluding diaryl/α,β-unsaturated/α-hetero) is 1. The number of ketones is 1. The fourth-order valence-electron chi connectivity index (χ4n) is 4.14. The number of nitrogens with one attached hydrogen (secondary N) is 3. The molecule has 0 bridgehead atoms. The average Bonchev–Trinajstić information content (AvgIpc) is 3.49. The van der Waals surface area contributed by atoms with Crippen molar-refractivity contribution in [1.82, 2.24) is 21.1 Å². The van der Waals surface area contributed by atoms with Crippen LogP contribution in [0.1, 0.15) is 49.0 Å². The van der Waals surface area contributed by atoms with Crippen LogP contribution in [0.15, 0.2) is 40.9 Å². The number of amides is 3. The lowest BCUT2D eigenvalue weighted by atomic mass is 9.93. The van der Waals surface area contributed by atoms with E-state index in [1.54, 1.807) is 6.92 Å². The van der Waals surface area contributed by atoms with Crippen molar-refractivity contribution in [3.05, 3.63) is 53.4 Å². The molecular formula is C28H38N4O8. The minimum Gasteiger partial charge on any atom is -0.382 e. The van der Waals surface area contributed by atoms with Gasteiger partial charge in [-0.25, -0.2) is 0 Å². The Bertz CT molecular complexity index is 1160. The third-order valence-corrected chi connectivity index (χ3v) is 6.39. The molecule has 12 nitrogen and oxygen atoms in total. The van der Waals surface area contributed by atoms with E-state index in [0.717, 1.165) is 5.56 Å². The lowest BCUT2D eigenvalue weighted by molar-refractivity contribution is -0.133. The van der Waals surface area contributed by atoms with Gasteiger partial charge in [-0.15, -0.1) is 0 Å². The highest BCUT2D eigenvalue weighted by Gasteiger charge is 2.50. The predicted molar refractivity (Wildman–Crippen MR) is 143 cm³/mol. The molecule has 0 radical (unpaired) electrons. The number of hydrogen-bond acceptors (Lipinski definition) is 9. The average molecular weight is 559 g/mol. The van der Waals surface area contributed by atoms with E-state index in [0.29, 0.717) is 18.8 Å². The standard InChI is InChI=1S/C28H38N4O8/c1-17(2)11-20(24(33)28(3)16-39-28)29-25(34)21(12-18-9-7-6-8-10-18)30-27(36)23(15-38-5)31-26(35)22-13-19(14-37-4)40-32-22/h6-10,13,17,20-21,23H,11-12,14-16H2,1-5H3,(H,29,34)(H,30,36)(H,31,35)/t20-,21-,23-,28-/m0/s1. The molecule has 40 heavy (non-hydrogen) atoms. The molecule has 1 aliphatic heterocycles. The summed E-state index contributed by atoms with van der Waals surface area (Å²) >= 11 is 0. The number of carbonyl (C=O) groups is 4. The summed E-state index contributed by atoms with van der Waals surface area (Å²) in [6.07, 6.45) is 0.576. The maximum absolute atomic E-state index is 13.5. The molecule has 218 valence electrons. The van der Waals surface area contributed by atoms with Crippen LogP contribution in [0.3, 0.4) is 0 Å². The molecule has 1 saturated heterocycles. The molecule has 2 aromatic rings. The van der Waals surface area contributed by atoms with Gasteiger partial charge in [0.25, 0.3) is 5.91 Å². The Morgan fingerprint density at radius 3 is 2.23 bits per heavy atom. The molecule has 12 heteroatoms. The first-order valence-corrected chi connectivity index (χ1v) is 13.1. The molecule has 4 atom stereocenters. The minimum absolute atomic E-state index is 0.0367. The van der Waals surface area contributed by atoms with Gasteiger partial charge in [0.2, 0.25) is 11.8 Å². The molecule has 3 rings (SSSR count). The molecule has 1 aromatic heterocycles. The van der Waals surface area contributed by atoms with Gasteiger partial charge in [-0.2, -0.15) is 0 Å². The lowest BCUT2D eigenvalue weighted by Crippen LogP contribution is -2.58. The molecule has 1 fully saturated rings. The number of ether oxygens (including phenoxy) is 3. The Labute approximate surface area is 233 Å². The van der Waals surface area contributed by atoms with Gasteiger partial charge in [-0.05, 0) is 24.8 Å². The van der Waals surface area contributed by atoms with Crippen LogP contribution in [0, 0.1) is 5.92 Å². The highest BCUT2D eigenvalue weighted by atomic mass is 16.6. The van der Waals surface area contributed by atoms with E-state index in [1.807, 2.05) is 44.2 Å². The van der Waals surface area contributed by atoms with Crippen molar-refractivity contribution in [3.63, 3.8) is 0 Å². The summed E-state index contributed by atoms with van der Waals surface area (Å²) in [4.78, 5) is 52.7. The summed E-state index contributed by atoms with van der Waals surface area (Å²) in [6.45, 7) is 5.88. The van der Waals surface area contributed by atoms with Crippen LogP contribution in [-0.2, 0) is 41.6 Å². The van der Waals surface area contributed by atoms with Crippen molar-refractivity contribution in [2.75, 3.05) is 27.4 Å². The Kier molecular flexibility index (Phi) is 10.9. The molecule has 1 aliphatic rings. The smallest absolute Gasteiger partial charge is 0.274 e. The van der Waals surface area contributed by atoms with E-state index in [-0.39, 0.29) is 37.0 Å². The zero-order valence-electron chi connectivity index (χ0n) is 23.5. The third kappa shape index (κ3) is 8.70. The van der Waals surface area contributed by atoms with Crippen molar-refractivity contribution in [3.8, 4) is 0 Å². The number of hydrogen-bond donors (Lipinski definition) is 3. The molecule has 1 aromatic carbocycles. The number of carbonyl (C=O) groups excluding carboxylic acids is 4. The number of rotatable bonds is 16. The summed E-state index contributed by atoms with van der Waals surface area (Å²) in [6, 6.07) is 7.60. The molecule has 0 saturated carbocycles. The second-order valence-electron chi connectivity index (χ2n) is 10.4. The molecule has 0 unspecified atom stereocenters. The van der Waals surface area contributed by atoms with Gasteiger partial charge in [0, 0.05) is 26.7 Å². The zero-order valence-corrected chi connectivity index (χ0v) is 23.5. The molecule has 3 amide bonds. The van der Waals surface area contributed by atoms with Crippen LogP contribution in [0.25, 0.3) is 0 Å². The summed E-state index contributed by atoms with van der Waals surface area (Å²) in [7, 11) is 2.86. The molecule has 3 N–H and O–H groups in total. The number of aromatic nitrogens is 1. The normalized spacial score (nSPS) is 18.4. The zero-order chi connectivity index (χ0) is 29.3. The summed E-state index contributed by atoms with van der Waals surface area (Å²) in [5, 5.41) is 11.8. The Morgan fingerprint density at radius 1 is 0.975 bits per heavy atom. The number of benzene rings is 1. The van der Waals surface area contributed by atoms with E-state index in [4.69, 9.17) is 18.7 Å². The second-order valence-corrected chi connectivity index (χ2v) is 10.4. The number of epoxide rings is 1. The second kappa shape index (κ2) is 14.1. The summed E-state index contributed by atoms with van der Waals surface area (Å²) in [5.74, 6) is -1.56. The molecule has 2 heterocycles.